The van der Waals surface area contributed by atoms with Gasteiger partial charge in [0.15, 0.2) is 0 Å². The van der Waals surface area contributed by atoms with Crippen LogP contribution in [0.3, 0.4) is 0 Å². The van der Waals surface area contributed by atoms with Gasteiger partial charge in [0.1, 0.15) is 0 Å². The molecule has 170 valence electrons. The van der Waals surface area contributed by atoms with Crippen LogP contribution < -0.4 is 0 Å². The number of rotatable bonds is 12. The van der Waals surface area contributed by atoms with E-state index in [1.54, 1.807) is 13.8 Å². The van der Waals surface area contributed by atoms with Crippen LogP contribution in [0.25, 0.3) is 11.3 Å². The highest BCUT2D eigenvalue weighted by atomic mass is 79.9. The molecule has 2 rings (SSSR count). The van der Waals surface area contributed by atoms with Crippen LogP contribution in [0.5, 0.6) is 0 Å². The summed E-state index contributed by atoms with van der Waals surface area (Å²) in [7, 11) is 0. The van der Waals surface area contributed by atoms with Crippen molar-refractivity contribution in [3.63, 3.8) is 0 Å². The van der Waals surface area contributed by atoms with Crippen molar-refractivity contribution in [1.29, 1.82) is 0 Å². The van der Waals surface area contributed by atoms with E-state index in [0.717, 1.165) is 42.1 Å². The number of pyridine rings is 1. The fraction of sp³-hybridized carbons (Fsp3) is 0.520. The van der Waals surface area contributed by atoms with Gasteiger partial charge >= 0.3 is 5.97 Å². The molecule has 0 aliphatic carbocycles. The minimum atomic E-state index is -3.14. The zero-order valence-electron chi connectivity index (χ0n) is 18.6. The summed E-state index contributed by atoms with van der Waals surface area (Å²) >= 11 is 3.38. The number of hydrogen-bond acceptors (Lipinski definition) is 3. The van der Waals surface area contributed by atoms with Gasteiger partial charge in [0, 0.05) is 22.0 Å². The highest BCUT2D eigenvalue weighted by Crippen LogP contribution is 2.39. The summed E-state index contributed by atoms with van der Waals surface area (Å²) in [6, 6.07) is 8.65. The van der Waals surface area contributed by atoms with Gasteiger partial charge in [0.2, 0.25) is 0 Å². The molecule has 0 N–H and O–H groups in total. The summed E-state index contributed by atoms with van der Waals surface area (Å²) in [5.74, 6) is -3.88. The summed E-state index contributed by atoms with van der Waals surface area (Å²) in [5.41, 5.74) is 0.994. The fourth-order valence-corrected chi connectivity index (χ4v) is 3.89. The molecule has 0 bridgehead atoms. The number of alkyl halides is 2. The Morgan fingerprint density at radius 1 is 1.03 bits per heavy atom. The number of halogens is 3. The lowest BCUT2D eigenvalue weighted by atomic mass is 9.94. The Morgan fingerprint density at radius 3 is 2.26 bits per heavy atom. The molecule has 0 aliphatic heterocycles. The number of nitrogens with zero attached hydrogens (tertiary/aromatic N) is 1. The Hall–Kier alpha value is -1.82. The number of hydrogen-bond donors (Lipinski definition) is 0. The van der Waals surface area contributed by atoms with E-state index in [1.807, 2.05) is 24.3 Å². The number of benzene rings is 1. The average Bonchev–Trinajstić information content (AvgIpc) is 2.73. The largest absolute Gasteiger partial charge is 0.462 e. The third-order valence-electron chi connectivity index (χ3n) is 5.31. The minimum absolute atomic E-state index is 0.115. The number of carbonyl (C=O) groups is 1. The first-order valence-corrected chi connectivity index (χ1v) is 11.9. The van der Waals surface area contributed by atoms with Gasteiger partial charge < -0.3 is 4.74 Å². The normalized spacial score (nSPS) is 11.5. The van der Waals surface area contributed by atoms with Crippen molar-refractivity contribution < 1.29 is 18.3 Å². The van der Waals surface area contributed by atoms with Gasteiger partial charge in [-0.15, -0.1) is 0 Å². The molecule has 2 aromatic rings. The molecule has 0 saturated carbocycles. The third-order valence-corrected chi connectivity index (χ3v) is 5.84. The molecular formula is C25H32BrF2NO2. The zero-order chi connectivity index (χ0) is 22.9. The lowest BCUT2D eigenvalue weighted by Crippen LogP contribution is -2.21. The average molecular weight is 496 g/mol. The van der Waals surface area contributed by atoms with E-state index in [0.29, 0.717) is 12.1 Å². The molecule has 0 radical (unpaired) electrons. The van der Waals surface area contributed by atoms with E-state index >= 15 is 8.78 Å². The van der Waals surface area contributed by atoms with Gasteiger partial charge in [0.25, 0.3) is 5.92 Å². The maximum Gasteiger partial charge on any atom is 0.340 e. The second kappa shape index (κ2) is 12.3. The fourth-order valence-electron chi connectivity index (χ4n) is 3.63. The SMILES string of the molecule is CCCCCCCCCC(F)(F)c1cc(-c2ccc(Br)cc2)nc(C)c1C(=O)OCC. The van der Waals surface area contributed by atoms with Crippen LogP contribution in [0.15, 0.2) is 34.8 Å². The Morgan fingerprint density at radius 2 is 1.65 bits per heavy atom. The predicted molar refractivity (Wildman–Crippen MR) is 125 cm³/mol. The maximum atomic E-state index is 15.3. The monoisotopic (exact) mass is 495 g/mol. The molecule has 1 aromatic heterocycles. The van der Waals surface area contributed by atoms with Crippen LogP contribution in [0.1, 0.15) is 86.8 Å². The van der Waals surface area contributed by atoms with Crippen molar-refractivity contribution in [2.24, 2.45) is 0 Å². The van der Waals surface area contributed by atoms with Crippen LogP contribution in [-0.4, -0.2) is 17.6 Å². The van der Waals surface area contributed by atoms with Gasteiger partial charge in [-0.1, -0.05) is 73.5 Å². The second-order valence-electron chi connectivity index (χ2n) is 7.82. The van der Waals surface area contributed by atoms with Gasteiger partial charge in [-0.25, -0.2) is 13.6 Å². The van der Waals surface area contributed by atoms with Crippen molar-refractivity contribution in [2.75, 3.05) is 6.61 Å². The van der Waals surface area contributed by atoms with E-state index in [1.165, 1.54) is 12.5 Å². The number of esters is 1. The lowest BCUT2D eigenvalue weighted by molar-refractivity contribution is -0.0176. The quantitative estimate of drug-likeness (QED) is 0.220. The van der Waals surface area contributed by atoms with E-state index in [9.17, 15) is 4.79 Å². The first-order chi connectivity index (χ1) is 14.8. The van der Waals surface area contributed by atoms with Gasteiger partial charge in [-0.3, -0.25) is 4.98 Å². The lowest BCUT2D eigenvalue weighted by Gasteiger charge is -2.22. The van der Waals surface area contributed by atoms with Crippen LogP contribution in [0.2, 0.25) is 0 Å². The summed E-state index contributed by atoms with van der Waals surface area (Å²) in [6.45, 7) is 5.52. The van der Waals surface area contributed by atoms with Gasteiger partial charge in [-0.05, 0) is 38.5 Å². The Balaban J connectivity index is 2.30. The number of aromatic nitrogens is 1. The van der Waals surface area contributed by atoms with E-state index < -0.39 is 11.9 Å². The van der Waals surface area contributed by atoms with E-state index in [2.05, 4.69) is 27.8 Å². The summed E-state index contributed by atoms with van der Waals surface area (Å²) in [4.78, 5) is 16.9. The molecular weight excluding hydrogens is 464 g/mol. The highest BCUT2D eigenvalue weighted by molar-refractivity contribution is 9.10. The maximum absolute atomic E-state index is 15.3. The summed E-state index contributed by atoms with van der Waals surface area (Å²) < 4.78 is 36.6. The van der Waals surface area contributed by atoms with Crippen molar-refractivity contribution in [2.45, 2.75) is 78.1 Å². The molecule has 1 heterocycles. The van der Waals surface area contributed by atoms with Crippen molar-refractivity contribution in [1.82, 2.24) is 4.98 Å². The summed E-state index contributed by atoms with van der Waals surface area (Å²) in [5, 5.41) is 0. The Kier molecular flexibility index (Phi) is 10.1. The van der Waals surface area contributed by atoms with Crippen LogP contribution in [0.4, 0.5) is 8.78 Å². The molecule has 6 heteroatoms. The third kappa shape index (κ3) is 7.37. The first kappa shape index (κ1) is 25.4. The van der Waals surface area contributed by atoms with Crippen molar-refractivity contribution in [3.8, 4) is 11.3 Å². The molecule has 0 spiro atoms. The second-order valence-corrected chi connectivity index (χ2v) is 8.73. The molecule has 0 fully saturated rings. The topological polar surface area (TPSA) is 39.2 Å². The van der Waals surface area contributed by atoms with Crippen LogP contribution >= 0.6 is 15.9 Å². The highest BCUT2D eigenvalue weighted by Gasteiger charge is 2.37. The van der Waals surface area contributed by atoms with E-state index in [-0.39, 0.29) is 29.8 Å². The smallest absolute Gasteiger partial charge is 0.340 e. The molecule has 1 aromatic carbocycles. The standard InChI is InChI=1S/C25H32BrF2NO2/c1-4-6-7-8-9-10-11-16-25(27,28)21-17-22(19-12-14-20(26)15-13-19)29-18(3)23(21)24(30)31-5-2/h12-15,17H,4-11,16H2,1-3H3. The molecule has 3 nitrogen and oxygen atoms in total. The summed E-state index contributed by atoms with van der Waals surface area (Å²) in [6.07, 6.45) is 6.42. The zero-order valence-corrected chi connectivity index (χ0v) is 20.2. The molecule has 0 aliphatic rings. The van der Waals surface area contributed by atoms with E-state index in [4.69, 9.17) is 4.74 Å². The first-order valence-electron chi connectivity index (χ1n) is 11.1. The molecule has 31 heavy (non-hydrogen) atoms. The number of ether oxygens (including phenoxy) is 1. The molecule has 0 unspecified atom stereocenters. The Labute approximate surface area is 192 Å². The van der Waals surface area contributed by atoms with Crippen LogP contribution in [0, 0.1) is 6.92 Å². The van der Waals surface area contributed by atoms with Crippen molar-refractivity contribution in [3.05, 3.63) is 51.6 Å². The Bertz CT molecular complexity index is 853. The minimum Gasteiger partial charge on any atom is -0.462 e. The predicted octanol–water partition coefficient (Wildman–Crippen LogP) is 8.23. The van der Waals surface area contributed by atoms with Crippen LogP contribution in [-0.2, 0) is 10.7 Å². The molecule has 0 atom stereocenters. The van der Waals surface area contributed by atoms with Gasteiger partial charge in [0.05, 0.1) is 23.6 Å². The number of aryl methyl sites for hydroxylation is 1. The molecule has 0 amide bonds. The van der Waals surface area contributed by atoms with Gasteiger partial charge in [-0.2, -0.15) is 0 Å². The molecule has 0 saturated heterocycles. The number of unbranched alkanes of at least 4 members (excludes halogenated alkanes) is 6. The number of carbonyl (C=O) groups excluding carboxylic acids is 1. The van der Waals surface area contributed by atoms with Crippen molar-refractivity contribution >= 4 is 21.9 Å².